The summed E-state index contributed by atoms with van der Waals surface area (Å²) in [6.07, 6.45) is 1.58. The highest BCUT2D eigenvalue weighted by Crippen LogP contribution is 2.28. The molecule has 1 aliphatic heterocycles. The molecule has 1 N–H and O–H groups in total. The molecule has 0 aliphatic carbocycles. The van der Waals surface area contributed by atoms with E-state index in [9.17, 15) is 18.3 Å². The molecule has 1 amide bonds. The average Bonchev–Trinajstić information content (AvgIpc) is 2.54. The van der Waals surface area contributed by atoms with Gasteiger partial charge in [-0.25, -0.2) is 8.42 Å². The number of nitrogens with zero attached hydrogens (tertiary/aromatic N) is 2. The van der Waals surface area contributed by atoms with Gasteiger partial charge in [0, 0.05) is 38.9 Å². The summed E-state index contributed by atoms with van der Waals surface area (Å²) in [5.41, 5.74) is 0.649. The van der Waals surface area contributed by atoms with Crippen molar-refractivity contribution in [2.75, 3.05) is 25.1 Å². The molecule has 6 nitrogen and oxygen atoms in total. The third kappa shape index (κ3) is 3.73. The number of sulfonamides is 1. The minimum atomic E-state index is -3.60. The maximum Gasteiger partial charge on any atom is 0.243 e. The lowest BCUT2D eigenvalue weighted by atomic mass is 9.96. The van der Waals surface area contributed by atoms with Crippen LogP contribution in [-0.4, -0.2) is 50.0 Å². The molecule has 0 aromatic heterocycles. The Labute approximate surface area is 137 Å². The predicted molar refractivity (Wildman–Crippen MR) is 88.7 cm³/mol. The molecule has 1 heterocycles. The molecule has 1 aromatic rings. The van der Waals surface area contributed by atoms with Crippen LogP contribution in [-0.2, 0) is 14.8 Å². The van der Waals surface area contributed by atoms with E-state index in [0.29, 0.717) is 12.2 Å². The predicted octanol–water partition coefficient (Wildman–Crippen LogP) is 1.45. The van der Waals surface area contributed by atoms with E-state index in [4.69, 9.17) is 0 Å². The number of carbonyl (C=O) groups excluding carboxylic acids is 1. The maximum absolute atomic E-state index is 12.8. The fourth-order valence-electron chi connectivity index (χ4n) is 2.79. The Balaban J connectivity index is 2.27. The van der Waals surface area contributed by atoms with Crippen molar-refractivity contribution in [3.05, 3.63) is 24.3 Å². The van der Waals surface area contributed by atoms with Crippen LogP contribution in [0.3, 0.4) is 0 Å². The van der Waals surface area contributed by atoms with Crippen LogP contribution in [0.15, 0.2) is 29.2 Å². The zero-order chi connectivity index (χ0) is 17.2. The second kappa shape index (κ2) is 6.98. The second-order valence-corrected chi connectivity index (χ2v) is 8.01. The lowest BCUT2D eigenvalue weighted by Gasteiger charge is -2.36. The van der Waals surface area contributed by atoms with Crippen LogP contribution in [0.4, 0.5) is 5.69 Å². The van der Waals surface area contributed by atoms with Crippen LogP contribution in [0.25, 0.3) is 0 Å². The highest BCUT2D eigenvalue weighted by molar-refractivity contribution is 7.89. The van der Waals surface area contributed by atoms with Gasteiger partial charge < -0.3 is 10.0 Å². The molecular formula is C16H24N2O4S. The summed E-state index contributed by atoms with van der Waals surface area (Å²) in [6, 6.07) is 6.24. The van der Waals surface area contributed by atoms with Gasteiger partial charge in [-0.15, -0.1) is 0 Å². The summed E-state index contributed by atoms with van der Waals surface area (Å²) in [5, 5.41) is 9.32. The molecule has 7 heteroatoms. The lowest BCUT2D eigenvalue weighted by Crippen LogP contribution is -2.46. The van der Waals surface area contributed by atoms with Gasteiger partial charge in [-0.05, 0) is 49.9 Å². The number of amides is 1. The third-order valence-electron chi connectivity index (χ3n) is 4.48. The molecule has 2 rings (SSSR count). The van der Waals surface area contributed by atoms with Crippen molar-refractivity contribution >= 4 is 21.6 Å². The van der Waals surface area contributed by atoms with E-state index >= 15 is 0 Å². The number of anilines is 1. The van der Waals surface area contributed by atoms with Crippen molar-refractivity contribution in [2.45, 2.75) is 37.6 Å². The van der Waals surface area contributed by atoms with Crippen LogP contribution in [0.5, 0.6) is 0 Å². The fourth-order valence-corrected chi connectivity index (χ4v) is 4.53. The summed E-state index contributed by atoms with van der Waals surface area (Å²) in [7, 11) is -1.95. The molecule has 0 saturated carbocycles. The van der Waals surface area contributed by atoms with E-state index in [1.165, 1.54) is 28.3 Å². The minimum absolute atomic E-state index is 0.00108. The van der Waals surface area contributed by atoms with Gasteiger partial charge in [-0.3, -0.25) is 4.79 Å². The Morgan fingerprint density at radius 2 is 1.91 bits per heavy atom. The Hall–Kier alpha value is -1.44. The summed E-state index contributed by atoms with van der Waals surface area (Å²) in [6.45, 7) is 3.69. The summed E-state index contributed by atoms with van der Waals surface area (Å²) < 4.78 is 27.1. The molecule has 0 radical (unpaired) electrons. The fraction of sp³-hybridized carbons (Fsp3) is 0.562. The first-order valence-corrected chi connectivity index (χ1v) is 9.18. The number of rotatable bonds is 4. The molecular weight excluding hydrogens is 316 g/mol. The van der Waals surface area contributed by atoms with Gasteiger partial charge >= 0.3 is 0 Å². The first-order chi connectivity index (χ1) is 10.8. The topological polar surface area (TPSA) is 77.9 Å². The van der Waals surface area contributed by atoms with E-state index in [-0.39, 0.29) is 29.4 Å². The van der Waals surface area contributed by atoms with Crippen LogP contribution in [0.1, 0.15) is 26.7 Å². The van der Waals surface area contributed by atoms with Gasteiger partial charge in [0.2, 0.25) is 15.9 Å². The van der Waals surface area contributed by atoms with Crippen molar-refractivity contribution in [3.63, 3.8) is 0 Å². The molecule has 0 bridgehead atoms. The van der Waals surface area contributed by atoms with Crippen molar-refractivity contribution in [3.8, 4) is 0 Å². The molecule has 1 aromatic carbocycles. The largest absolute Gasteiger partial charge is 0.396 e. The molecule has 1 aliphatic rings. The van der Waals surface area contributed by atoms with Crippen LogP contribution < -0.4 is 4.90 Å². The van der Waals surface area contributed by atoms with Crippen LogP contribution in [0, 0.1) is 5.92 Å². The molecule has 1 fully saturated rings. The SMILES string of the molecule is CC(=O)N(C)c1ccc(S(=O)(=O)N2C[C@H](CO)CC[C@H]2C)cc1. The highest BCUT2D eigenvalue weighted by atomic mass is 32.2. The Kier molecular flexibility index (Phi) is 5.44. The van der Waals surface area contributed by atoms with Gasteiger partial charge in [0.15, 0.2) is 0 Å². The first kappa shape index (κ1) is 17.9. The molecule has 1 saturated heterocycles. The normalized spacial score (nSPS) is 22.8. The van der Waals surface area contributed by atoms with Gasteiger partial charge in [0.1, 0.15) is 0 Å². The Morgan fingerprint density at radius 3 is 2.43 bits per heavy atom. The van der Waals surface area contributed by atoms with E-state index in [2.05, 4.69) is 0 Å². The number of hydrogen-bond donors (Lipinski definition) is 1. The van der Waals surface area contributed by atoms with E-state index in [1.54, 1.807) is 19.2 Å². The molecule has 2 atom stereocenters. The van der Waals surface area contributed by atoms with Crippen molar-refractivity contribution < 1.29 is 18.3 Å². The van der Waals surface area contributed by atoms with Gasteiger partial charge in [0.25, 0.3) is 0 Å². The highest BCUT2D eigenvalue weighted by Gasteiger charge is 2.34. The van der Waals surface area contributed by atoms with Crippen LogP contribution >= 0.6 is 0 Å². The number of piperidine rings is 1. The summed E-state index contributed by atoms with van der Waals surface area (Å²) in [4.78, 5) is 13.0. The maximum atomic E-state index is 12.8. The number of aliphatic hydroxyl groups is 1. The van der Waals surface area contributed by atoms with E-state index < -0.39 is 10.0 Å². The second-order valence-electron chi connectivity index (χ2n) is 6.12. The molecule has 23 heavy (non-hydrogen) atoms. The zero-order valence-corrected chi connectivity index (χ0v) is 14.6. The van der Waals surface area contributed by atoms with Gasteiger partial charge in [0.05, 0.1) is 4.90 Å². The number of carbonyl (C=O) groups is 1. The zero-order valence-electron chi connectivity index (χ0n) is 13.8. The van der Waals surface area contributed by atoms with Crippen molar-refractivity contribution in [1.82, 2.24) is 4.31 Å². The molecule has 0 spiro atoms. The van der Waals surface area contributed by atoms with E-state index in [1.807, 2.05) is 6.92 Å². The van der Waals surface area contributed by atoms with Crippen molar-refractivity contribution in [2.24, 2.45) is 5.92 Å². The first-order valence-electron chi connectivity index (χ1n) is 7.74. The number of benzene rings is 1. The van der Waals surface area contributed by atoms with Gasteiger partial charge in [-0.1, -0.05) is 0 Å². The monoisotopic (exact) mass is 340 g/mol. The molecule has 0 unspecified atom stereocenters. The molecule has 128 valence electrons. The quantitative estimate of drug-likeness (QED) is 0.900. The average molecular weight is 340 g/mol. The Bertz CT molecular complexity index is 657. The smallest absolute Gasteiger partial charge is 0.243 e. The van der Waals surface area contributed by atoms with E-state index in [0.717, 1.165) is 12.8 Å². The number of hydrogen-bond acceptors (Lipinski definition) is 4. The summed E-state index contributed by atoms with van der Waals surface area (Å²) >= 11 is 0. The minimum Gasteiger partial charge on any atom is -0.396 e. The third-order valence-corrected chi connectivity index (χ3v) is 6.48. The van der Waals surface area contributed by atoms with Crippen molar-refractivity contribution in [1.29, 1.82) is 0 Å². The lowest BCUT2D eigenvalue weighted by molar-refractivity contribution is -0.116. The van der Waals surface area contributed by atoms with Crippen LogP contribution in [0.2, 0.25) is 0 Å². The number of aliphatic hydroxyl groups excluding tert-OH is 1. The summed E-state index contributed by atoms with van der Waals surface area (Å²) in [5.74, 6) is -0.125. The standard InChI is InChI=1S/C16H24N2O4S/c1-12-4-5-14(11-19)10-18(12)23(21,22)16-8-6-15(7-9-16)17(3)13(2)20/h6-9,12,14,19H,4-5,10-11H2,1-3H3/t12-,14-/m1/s1. The van der Waals surface area contributed by atoms with Gasteiger partial charge in [-0.2, -0.15) is 4.31 Å². The Morgan fingerprint density at radius 1 is 1.30 bits per heavy atom.